The summed E-state index contributed by atoms with van der Waals surface area (Å²) < 4.78 is 5.06. The first-order chi connectivity index (χ1) is 12.3. The maximum absolute atomic E-state index is 12.0. The van der Waals surface area contributed by atoms with Gasteiger partial charge in [-0.1, -0.05) is 23.2 Å². The Kier molecular flexibility index (Phi) is 7.18. The number of rotatable bonds is 7. The van der Waals surface area contributed by atoms with Crippen LogP contribution in [0.15, 0.2) is 48.5 Å². The van der Waals surface area contributed by atoms with Gasteiger partial charge in [0.2, 0.25) is 0 Å². The Labute approximate surface area is 161 Å². The van der Waals surface area contributed by atoms with Crippen LogP contribution in [0.5, 0.6) is 0 Å². The van der Waals surface area contributed by atoms with Gasteiger partial charge in [-0.3, -0.25) is 14.4 Å². The van der Waals surface area contributed by atoms with Gasteiger partial charge in [0.05, 0.1) is 6.42 Å². The number of esters is 1. The molecule has 2 aromatic rings. The van der Waals surface area contributed by atoms with Gasteiger partial charge >= 0.3 is 5.97 Å². The number of anilines is 1. The number of ketones is 1. The van der Waals surface area contributed by atoms with E-state index in [0.717, 1.165) is 0 Å². The largest absolute Gasteiger partial charge is 0.453 e. The molecule has 0 bridgehead atoms. The minimum absolute atomic E-state index is 0.00795. The molecule has 1 N–H and O–H groups in total. The molecule has 0 aromatic heterocycles. The summed E-state index contributed by atoms with van der Waals surface area (Å²) in [4.78, 5) is 35.9. The van der Waals surface area contributed by atoms with Crippen LogP contribution in [0.4, 0.5) is 5.69 Å². The molecule has 0 aliphatic heterocycles. The van der Waals surface area contributed by atoms with E-state index in [1.807, 2.05) is 0 Å². The molecule has 0 heterocycles. The van der Waals surface area contributed by atoms with Crippen LogP contribution in [0, 0.1) is 0 Å². The summed E-state index contributed by atoms with van der Waals surface area (Å²) in [7, 11) is 0. The van der Waals surface area contributed by atoms with Gasteiger partial charge in [0.1, 0.15) is 0 Å². The number of halogens is 2. The monoisotopic (exact) mass is 393 g/mol. The highest BCUT2D eigenvalue weighted by Crippen LogP contribution is 2.15. The van der Waals surface area contributed by atoms with Crippen LogP contribution in [-0.4, -0.2) is 23.8 Å². The fraction of sp³-hybridized carbons (Fsp3) is 0.211. The van der Waals surface area contributed by atoms with Crippen molar-refractivity contribution < 1.29 is 19.1 Å². The third-order valence-electron chi connectivity index (χ3n) is 3.51. The Morgan fingerprint density at radius 3 is 2.04 bits per heavy atom. The molecule has 0 fully saturated rings. The van der Waals surface area contributed by atoms with Crippen molar-refractivity contribution in [3.8, 4) is 0 Å². The van der Waals surface area contributed by atoms with Crippen LogP contribution < -0.4 is 5.32 Å². The highest BCUT2D eigenvalue weighted by molar-refractivity contribution is 6.31. The van der Waals surface area contributed by atoms with E-state index in [-0.39, 0.29) is 18.6 Å². The summed E-state index contributed by atoms with van der Waals surface area (Å²) in [5.74, 6) is -1.28. The first-order valence-corrected chi connectivity index (χ1v) is 8.65. The summed E-state index contributed by atoms with van der Waals surface area (Å²) in [6.45, 7) is 1.46. The molecule has 26 heavy (non-hydrogen) atoms. The van der Waals surface area contributed by atoms with Crippen molar-refractivity contribution >= 4 is 46.5 Å². The molecular weight excluding hydrogens is 377 g/mol. The number of nitrogens with one attached hydrogen (secondary N) is 1. The highest BCUT2D eigenvalue weighted by Gasteiger charge is 2.19. The second-order valence-corrected chi connectivity index (χ2v) is 6.43. The van der Waals surface area contributed by atoms with Gasteiger partial charge in [0.25, 0.3) is 5.91 Å². The molecule has 136 valence electrons. The third kappa shape index (κ3) is 6.17. The van der Waals surface area contributed by atoms with Crippen LogP contribution >= 0.6 is 23.2 Å². The van der Waals surface area contributed by atoms with Gasteiger partial charge in [-0.05, 0) is 55.5 Å². The predicted octanol–water partition coefficient (Wildman–Crippen LogP) is 4.53. The second kappa shape index (κ2) is 9.36. The summed E-state index contributed by atoms with van der Waals surface area (Å²) in [5.41, 5.74) is 1.01. The Bertz CT molecular complexity index is 788. The van der Waals surface area contributed by atoms with E-state index in [4.69, 9.17) is 27.9 Å². The lowest BCUT2D eigenvalue weighted by Gasteiger charge is -2.13. The minimum atomic E-state index is -0.983. The van der Waals surface area contributed by atoms with Crippen molar-refractivity contribution in [2.45, 2.75) is 25.9 Å². The maximum Gasteiger partial charge on any atom is 0.307 e. The van der Waals surface area contributed by atoms with Gasteiger partial charge < -0.3 is 10.1 Å². The molecule has 2 aromatic carbocycles. The zero-order valence-corrected chi connectivity index (χ0v) is 15.5. The lowest BCUT2D eigenvalue weighted by atomic mass is 10.1. The fourth-order valence-electron chi connectivity index (χ4n) is 2.08. The van der Waals surface area contributed by atoms with E-state index >= 15 is 0 Å². The molecule has 0 spiro atoms. The van der Waals surface area contributed by atoms with E-state index in [2.05, 4.69) is 5.32 Å². The summed E-state index contributed by atoms with van der Waals surface area (Å²) in [6.07, 6.45) is -1.10. The van der Waals surface area contributed by atoms with E-state index in [9.17, 15) is 14.4 Å². The number of ether oxygens (including phenoxy) is 1. The minimum Gasteiger partial charge on any atom is -0.453 e. The first kappa shape index (κ1) is 19.9. The number of carbonyl (C=O) groups is 3. The van der Waals surface area contributed by atoms with Crippen molar-refractivity contribution in [2.24, 2.45) is 0 Å². The summed E-state index contributed by atoms with van der Waals surface area (Å²) >= 11 is 11.5. The average molecular weight is 394 g/mol. The van der Waals surface area contributed by atoms with Crippen molar-refractivity contribution in [1.29, 1.82) is 0 Å². The van der Waals surface area contributed by atoms with E-state index in [0.29, 0.717) is 21.3 Å². The fourth-order valence-corrected chi connectivity index (χ4v) is 2.33. The lowest BCUT2D eigenvalue weighted by molar-refractivity contribution is -0.153. The standard InChI is InChI=1S/C19H17Cl2NO4/c1-12(19(25)22-16-8-6-15(21)7-9-16)26-18(24)11-10-17(23)13-2-4-14(20)5-3-13/h2-9,12H,10-11H2,1H3,(H,22,25)/t12-/m0/s1. The van der Waals surface area contributed by atoms with Crippen molar-refractivity contribution in [1.82, 2.24) is 0 Å². The Morgan fingerprint density at radius 2 is 1.46 bits per heavy atom. The molecular formula is C19H17Cl2NO4. The predicted molar refractivity (Wildman–Crippen MR) is 101 cm³/mol. The zero-order valence-electron chi connectivity index (χ0n) is 14.0. The van der Waals surface area contributed by atoms with Gasteiger partial charge in [0.15, 0.2) is 11.9 Å². The van der Waals surface area contributed by atoms with Crippen LogP contribution in [0.25, 0.3) is 0 Å². The molecule has 1 atom stereocenters. The lowest BCUT2D eigenvalue weighted by Crippen LogP contribution is -2.30. The van der Waals surface area contributed by atoms with Crippen molar-refractivity contribution in [3.63, 3.8) is 0 Å². The van der Waals surface area contributed by atoms with Gasteiger partial charge in [-0.15, -0.1) is 0 Å². The quantitative estimate of drug-likeness (QED) is 0.553. The van der Waals surface area contributed by atoms with Crippen LogP contribution in [-0.2, 0) is 14.3 Å². The molecule has 0 radical (unpaired) electrons. The van der Waals surface area contributed by atoms with Crippen LogP contribution in [0.3, 0.4) is 0 Å². The summed E-state index contributed by atoms with van der Waals surface area (Å²) in [5, 5.41) is 3.69. The molecule has 7 heteroatoms. The maximum atomic E-state index is 12.0. The number of benzene rings is 2. The third-order valence-corrected chi connectivity index (χ3v) is 4.02. The number of Topliss-reactive ketones (excluding diaryl/α,β-unsaturated/α-hetero) is 1. The molecule has 2 rings (SSSR count). The molecule has 0 aliphatic carbocycles. The first-order valence-electron chi connectivity index (χ1n) is 7.90. The zero-order chi connectivity index (χ0) is 19.1. The van der Waals surface area contributed by atoms with Crippen molar-refractivity contribution in [2.75, 3.05) is 5.32 Å². The van der Waals surface area contributed by atoms with Gasteiger partial charge in [0, 0.05) is 27.7 Å². The SMILES string of the molecule is C[C@H](OC(=O)CCC(=O)c1ccc(Cl)cc1)C(=O)Nc1ccc(Cl)cc1. The molecule has 0 aliphatic rings. The van der Waals surface area contributed by atoms with Crippen LogP contribution in [0.2, 0.25) is 10.0 Å². The van der Waals surface area contributed by atoms with Gasteiger partial charge in [-0.2, -0.15) is 0 Å². The number of hydrogen-bond donors (Lipinski definition) is 1. The molecule has 5 nitrogen and oxygen atoms in total. The van der Waals surface area contributed by atoms with E-state index in [1.165, 1.54) is 6.92 Å². The van der Waals surface area contributed by atoms with Crippen LogP contribution in [0.1, 0.15) is 30.1 Å². The van der Waals surface area contributed by atoms with E-state index < -0.39 is 18.0 Å². The Balaban J connectivity index is 1.79. The normalized spacial score (nSPS) is 11.5. The molecule has 0 unspecified atom stereocenters. The number of carbonyl (C=O) groups excluding carboxylic acids is 3. The number of hydrogen-bond acceptors (Lipinski definition) is 4. The highest BCUT2D eigenvalue weighted by atomic mass is 35.5. The van der Waals surface area contributed by atoms with Crippen molar-refractivity contribution in [3.05, 3.63) is 64.1 Å². The molecule has 1 amide bonds. The smallest absolute Gasteiger partial charge is 0.307 e. The Hall–Kier alpha value is -2.37. The molecule has 0 saturated carbocycles. The van der Waals surface area contributed by atoms with Gasteiger partial charge in [-0.25, -0.2) is 0 Å². The topological polar surface area (TPSA) is 72.5 Å². The molecule has 0 saturated heterocycles. The second-order valence-electron chi connectivity index (χ2n) is 5.56. The van der Waals surface area contributed by atoms with E-state index in [1.54, 1.807) is 48.5 Å². The average Bonchev–Trinajstić information content (AvgIpc) is 2.62. The summed E-state index contributed by atoms with van der Waals surface area (Å²) in [6, 6.07) is 13.0. The number of amides is 1. The Morgan fingerprint density at radius 1 is 0.923 bits per heavy atom.